The highest BCUT2D eigenvalue weighted by Crippen LogP contribution is 2.25. The summed E-state index contributed by atoms with van der Waals surface area (Å²) >= 11 is 6.39. The average Bonchev–Trinajstić information content (AvgIpc) is 2.43. The summed E-state index contributed by atoms with van der Waals surface area (Å²) in [4.78, 5) is 2.17. The number of benzene rings is 2. The highest BCUT2D eigenvalue weighted by atomic mass is 79.9. The standard InChI is InChI=1S/C13H9Br2FN2O2S/c14-10-3-6-12(15)13(7-10)21(19,20)18-17-8-9-1-4-11(16)5-2-9/h1-8,18H. The Balaban J connectivity index is 2.18. The molecule has 0 aliphatic rings. The number of halogens is 3. The van der Waals surface area contributed by atoms with Crippen molar-refractivity contribution >= 4 is 48.1 Å². The van der Waals surface area contributed by atoms with Gasteiger partial charge in [-0.15, -0.1) is 0 Å². The van der Waals surface area contributed by atoms with Crippen molar-refractivity contribution in [1.29, 1.82) is 0 Å². The van der Waals surface area contributed by atoms with Gasteiger partial charge in [0, 0.05) is 8.95 Å². The van der Waals surface area contributed by atoms with Crippen LogP contribution in [0.2, 0.25) is 0 Å². The van der Waals surface area contributed by atoms with Gasteiger partial charge in [0.25, 0.3) is 10.0 Å². The number of nitrogens with one attached hydrogen (secondary N) is 1. The van der Waals surface area contributed by atoms with E-state index in [-0.39, 0.29) is 10.7 Å². The Morgan fingerprint density at radius 1 is 1.10 bits per heavy atom. The summed E-state index contributed by atoms with van der Waals surface area (Å²) < 4.78 is 38.0. The first-order valence-electron chi connectivity index (χ1n) is 5.64. The summed E-state index contributed by atoms with van der Waals surface area (Å²) in [6.45, 7) is 0. The summed E-state index contributed by atoms with van der Waals surface area (Å²) in [5.41, 5.74) is 0.576. The molecule has 0 aromatic heterocycles. The van der Waals surface area contributed by atoms with Gasteiger partial charge in [0.05, 0.1) is 6.21 Å². The summed E-state index contributed by atoms with van der Waals surface area (Å²) in [6.07, 6.45) is 1.29. The third-order valence-corrected chi connectivity index (χ3v) is 5.15. The molecule has 0 fully saturated rings. The molecule has 2 aromatic rings. The Kier molecular flexibility index (Phi) is 5.13. The van der Waals surface area contributed by atoms with E-state index in [1.54, 1.807) is 12.1 Å². The summed E-state index contributed by atoms with van der Waals surface area (Å²) in [5, 5.41) is 3.67. The van der Waals surface area contributed by atoms with Gasteiger partial charge in [0.1, 0.15) is 10.7 Å². The minimum atomic E-state index is -3.79. The molecule has 1 N–H and O–H groups in total. The van der Waals surface area contributed by atoms with Gasteiger partial charge in [-0.25, -0.2) is 9.22 Å². The normalized spacial score (nSPS) is 11.8. The van der Waals surface area contributed by atoms with Crippen LogP contribution in [0.1, 0.15) is 5.56 Å². The molecule has 4 nitrogen and oxygen atoms in total. The van der Waals surface area contributed by atoms with Gasteiger partial charge in [-0.05, 0) is 51.8 Å². The molecule has 8 heteroatoms. The van der Waals surface area contributed by atoms with Crippen molar-refractivity contribution < 1.29 is 12.8 Å². The molecule has 0 aliphatic heterocycles. The van der Waals surface area contributed by atoms with Crippen LogP contribution in [0.5, 0.6) is 0 Å². The fourth-order valence-electron chi connectivity index (χ4n) is 1.45. The molecule has 2 aromatic carbocycles. The molecule has 0 atom stereocenters. The molecule has 0 spiro atoms. The Labute approximate surface area is 138 Å². The number of hydrogen-bond acceptors (Lipinski definition) is 3. The van der Waals surface area contributed by atoms with Crippen molar-refractivity contribution in [2.24, 2.45) is 5.10 Å². The van der Waals surface area contributed by atoms with E-state index in [2.05, 4.69) is 41.8 Å². The molecule has 0 bridgehead atoms. The van der Waals surface area contributed by atoms with Crippen molar-refractivity contribution in [1.82, 2.24) is 4.83 Å². The number of nitrogens with zero attached hydrogens (tertiary/aromatic N) is 1. The topological polar surface area (TPSA) is 58.5 Å². The predicted octanol–water partition coefficient (Wildman–Crippen LogP) is 3.66. The molecule has 0 aliphatic carbocycles. The second kappa shape index (κ2) is 6.67. The first-order valence-corrected chi connectivity index (χ1v) is 8.71. The van der Waals surface area contributed by atoms with Gasteiger partial charge in [-0.1, -0.05) is 28.1 Å². The van der Waals surface area contributed by atoms with Crippen LogP contribution in [0.3, 0.4) is 0 Å². The molecule has 0 saturated carbocycles. The molecule has 0 unspecified atom stereocenters. The van der Waals surface area contributed by atoms with Crippen molar-refractivity contribution in [3.63, 3.8) is 0 Å². The third kappa shape index (κ3) is 4.36. The monoisotopic (exact) mass is 434 g/mol. The van der Waals surface area contributed by atoms with E-state index in [1.165, 1.54) is 36.5 Å². The van der Waals surface area contributed by atoms with Gasteiger partial charge in [0.15, 0.2) is 0 Å². The van der Waals surface area contributed by atoms with Gasteiger partial charge in [-0.3, -0.25) is 0 Å². The summed E-state index contributed by atoms with van der Waals surface area (Å²) in [5.74, 6) is -0.370. The zero-order chi connectivity index (χ0) is 15.5. The molecular weight excluding hydrogens is 427 g/mol. The second-order valence-corrected chi connectivity index (χ2v) is 7.38. The number of rotatable bonds is 4. The lowest BCUT2D eigenvalue weighted by Gasteiger charge is -2.06. The van der Waals surface area contributed by atoms with Crippen molar-refractivity contribution in [2.75, 3.05) is 0 Å². The average molecular weight is 436 g/mol. The number of hydrazone groups is 1. The minimum absolute atomic E-state index is 0.0631. The third-order valence-electron chi connectivity index (χ3n) is 2.44. The second-order valence-electron chi connectivity index (χ2n) is 3.98. The predicted molar refractivity (Wildman–Crippen MR) is 86.2 cm³/mol. The molecule has 21 heavy (non-hydrogen) atoms. The zero-order valence-corrected chi connectivity index (χ0v) is 14.4. The van der Waals surface area contributed by atoms with Gasteiger partial charge >= 0.3 is 0 Å². The molecular formula is C13H9Br2FN2O2S. The van der Waals surface area contributed by atoms with Gasteiger partial charge in [-0.2, -0.15) is 13.5 Å². The van der Waals surface area contributed by atoms with Crippen LogP contribution in [0.25, 0.3) is 0 Å². The van der Waals surface area contributed by atoms with Crippen LogP contribution in [-0.2, 0) is 10.0 Å². The van der Waals surface area contributed by atoms with Crippen LogP contribution in [0.4, 0.5) is 4.39 Å². The van der Waals surface area contributed by atoms with Gasteiger partial charge in [0.2, 0.25) is 0 Å². The van der Waals surface area contributed by atoms with E-state index in [9.17, 15) is 12.8 Å². The Hall–Kier alpha value is -1.25. The van der Waals surface area contributed by atoms with Crippen LogP contribution < -0.4 is 4.83 Å². The van der Waals surface area contributed by atoms with Crippen LogP contribution in [0.15, 0.2) is 61.4 Å². The van der Waals surface area contributed by atoms with Crippen molar-refractivity contribution in [3.8, 4) is 0 Å². The molecule has 2 rings (SSSR count). The lowest BCUT2D eigenvalue weighted by Crippen LogP contribution is -2.18. The maximum atomic E-state index is 12.7. The van der Waals surface area contributed by atoms with Crippen molar-refractivity contribution in [2.45, 2.75) is 4.90 Å². The van der Waals surface area contributed by atoms with E-state index in [0.717, 1.165) is 0 Å². The number of hydrogen-bond donors (Lipinski definition) is 1. The lowest BCUT2D eigenvalue weighted by molar-refractivity contribution is 0.584. The molecule has 110 valence electrons. The van der Waals surface area contributed by atoms with Gasteiger partial charge < -0.3 is 0 Å². The summed E-state index contributed by atoms with van der Waals surface area (Å²) in [6, 6.07) is 10.3. The Morgan fingerprint density at radius 2 is 1.76 bits per heavy atom. The quantitative estimate of drug-likeness (QED) is 0.588. The Bertz CT molecular complexity index is 777. The maximum absolute atomic E-state index is 12.7. The fourth-order valence-corrected chi connectivity index (χ4v) is 3.75. The van der Waals surface area contributed by atoms with E-state index in [4.69, 9.17) is 0 Å². The maximum Gasteiger partial charge on any atom is 0.277 e. The van der Waals surface area contributed by atoms with E-state index in [0.29, 0.717) is 14.5 Å². The summed E-state index contributed by atoms with van der Waals surface area (Å²) in [7, 11) is -3.79. The smallest absolute Gasteiger partial charge is 0.207 e. The highest BCUT2D eigenvalue weighted by Gasteiger charge is 2.17. The zero-order valence-electron chi connectivity index (χ0n) is 10.4. The largest absolute Gasteiger partial charge is 0.277 e. The first-order chi connectivity index (χ1) is 9.88. The van der Waals surface area contributed by atoms with E-state index >= 15 is 0 Å². The molecule has 0 amide bonds. The lowest BCUT2D eigenvalue weighted by atomic mass is 10.2. The first kappa shape index (κ1) is 16.1. The van der Waals surface area contributed by atoms with Crippen LogP contribution in [-0.4, -0.2) is 14.6 Å². The highest BCUT2D eigenvalue weighted by molar-refractivity contribution is 9.11. The SMILES string of the molecule is O=S(=O)(NN=Cc1ccc(F)cc1)c1cc(Br)ccc1Br. The number of sulfonamides is 1. The molecule has 0 radical (unpaired) electrons. The molecule has 0 heterocycles. The Morgan fingerprint density at radius 3 is 2.43 bits per heavy atom. The van der Waals surface area contributed by atoms with E-state index < -0.39 is 10.0 Å². The van der Waals surface area contributed by atoms with Crippen molar-refractivity contribution in [3.05, 3.63) is 62.8 Å². The minimum Gasteiger partial charge on any atom is -0.207 e. The van der Waals surface area contributed by atoms with E-state index in [1.807, 2.05) is 0 Å². The fraction of sp³-hybridized carbons (Fsp3) is 0. The molecule has 0 saturated heterocycles. The van der Waals surface area contributed by atoms with Crippen LogP contribution >= 0.6 is 31.9 Å². The van der Waals surface area contributed by atoms with Crippen LogP contribution in [0, 0.1) is 5.82 Å².